The van der Waals surface area contributed by atoms with E-state index in [0.717, 1.165) is 0 Å². The van der Waals surface area contributed by atoms with Crippen LogP contribution in [-0.2, 0) is 0 Å². The van der Waals surface area contributed by atoms with E-state index in [-0.39, 0.29) is 0 Å². The summed E-state index contributed by atoms with van der Waals surface area (Å²) < 4.78 is 0. The molecular weight excluding hydrogens is 212 g/mol. The number of alkyl halides is 1. The Balaban J connectivity index is 2.00. The highest BCUT2D eigenvalue weighted by atomic mass is 35.5. The Morgan fingerprint density at radius 3 is 2.50 bits per heavy atom. The standard InChI is InChI=1S/C12H15ClS/c1-9-5-7-10(8-6-9)14-12-4-2-3-11(12)13/h5-8,11-12H,2-4H2,1H3/t11-,12-/m0/s1. The largest absolute Gasteiger partial charge is 0.122 e. The number of benzene rings is 1. The van der Waals surface area contributed by atoms with E-state index in [1.54, 1.807) is 0 Å². The first kappa shape index (κ1) is 10.4. The molecule has 0 heterocycles. The zero-order valence-electron chi connectivity index (χ0n) is 8.37. The van der Waals surface area contributed by atoms with Gasteiger partial charge in [-0.05, 0) is 31.9 Å². The third-order valence-corrected chi connectivity index (χ3v) is 4.76. The zero-order valence-corrected chi connectivity index (χ0v) is 9.94. The summed E-state index contributed by atoms with van der Waals surface area (Å²) in [7, 11) is 0. The number of aryl methyl sites for hydroxylation is 1. The maximum Gasteiger partial charge on any atom is 0.0458 e. The molecule has 76 valence electrons. The van der Waals surface area contributed by atoms with E-state index in [0.29, 0.717) is 10.6 Å². The quantitative estimate of drug-likeness (QED) is 0.680. The van der Waals surface area contributed by atoms with Gasteiger partial charge in [0, 0.05) is 15.5 Å². The van der Waals surface area contributed by atoms with Crippen molar-refractivity contribution in [2.75, 3.05) is 0 Å². The predicted molar refractivity (Wildman–Crippen MR) is 64.3 cm³/mol. The van der Waals surface area contributed by atoms with Gasteiger partial charge in [0.2, 0.25) is 0 Å². The summed E-state index contributed by atoms with van der Waals surface area (Å²) in [5, 5.41) is 1.00. The highest BCUT2D eigenvalue weighted by Crippen LogP contribution is 2.37. The minimum Gasteiger partial charge on any atom is -0.122 e. The molecule has 0 bridgehead atoms. The fraction of sp³-hybridized carbons (Fsp3) is 0.500. The molecule has 0 N–H and O–H groups in total. The van der Waals surface area contributed by atoms with E-state index in [4.69, 9.17) is 11.6 Å². The molecule has 2 rings (SSSR count). The third kappa shape index (κ3) is 2.46. The molecule has 1 aliphatic rings. The molecule has 0 radical (unpaired) electrons. The van der Waals surface area contributed by atoms with Crippen LogP contribution in [0.5, 0.6) is 0 Å². The lowest BCUT2D eigenvalue weighted by Crippen LogP contribution is -2.08. The Kier molecular flexibility index (Phi) is 3.40. The summed E-state index contributed by atoms with van der Waals surface area (Å²) in [6.45, 7) is 2.12. The topological polar surface area (TPSA) is 0 Å². The van der Waals surface area contributed by atoms with Crippen LogP contribution in [0.4, 0.5) is 0 Å². The molecule has 0 aliphatic heterocycles. The average molecular weight is 227 g/mol. The van der Waals surface area contributed by atoms with E-state index in [9.17, 15) is 0 Å². The van der Waals surface area contributed by atoms with Crippen LogP contribution in [0.15, 0.2) is 29.2 Å². The van der Waals surface area contributed by atoms with Gasteiger partial charge >= 0.3 is 0 Å². The van der Waals surface area contributed by atoms with Crippen molar-refractivity contribution in [2.24, 2.45) is 0 Å². The summed E-state index contributed by atoms with van der Waals surface area (Å²) >= 11 is 8.17. The van der Waals surface area contributed by atoms with Gasteiger partial charge in [0.15, 0.2) is 0 Å². The van der Waals surface area contributed by atoms with Crippen molar-refractivity contribution >= 4 is 23.4 Å². The average Bonchev–Trinajstić information content (AvgIpc) is 2.56. The molecule has 14 heavy (non-hydrogen) atoms. The van der Waals surface area contributed by atoms with Crippen molar-refractivity contribution in [1.29, 1.82) is 0 Å². The van der Waals surface area contributed by atoms with Crippen molar-refractivity contribution in [3.05, 3.63) is 29.8 Å². The van der Waals surface area contributed by atoms with Gasteiger partial charge in [0.05, 0.1) is 0 Å². The summed E-state index contributed by atoms with van der Waals surface area (Å²) in [4.78, 5) is 1.35. The van der Waals surface area contributed by atoms with Gasteiger partial charge in [-0.2, -0.15) is 0 Å². The van der Waals surface area contributed by atoms with Gasteiger partial charge in [-0.1, -0.05) is 24.1 Å². The van der Waals surface area contributed by atoms with E-state index in [1.165, 1.54) is 29.7 Å². The summed E-state index contributed by atoms with van der Waals surface area (Å²) in [5.41, 5.74) is 1.32. The Morgan fingerprint density at radius 2 is 1.93 bits per heavy atom. The highest BCUT2D eigenvalue weighted by Gasteiger charge is 2.25. The second-order valence-electron chi connectivity index (χ2n) is 3.92. The summed E-state index contributed by atoms with van der Waals surface area (Å²) in [5.74, 6) is 0. The van der Waals surface area contributed by atoms with Gasteiger partial charge in [0.25, 0.3) is 0 Å². The van der Waals surface area contributed by atoms with Crippen LogP contribution >= 0.6 is 23.4 Å². The van der Waals surface area contributed by atoms with Crippen molar-refractivity contribution in [2.45, 2.75) is 41.7 Å². The lowest BCUT2D eigenvalue weighted by molar-refractivity contribution is 0.888. The molecule has 2 heteroatoms. The summed E-state index contributed by atoms with van der Waals surface area (Å²) in [6.07, 6.45) is 3.75. The second kappa shape index (κ2) is 4.59. The van der Waals surface area contributed by atoms with E-state index in [1.807, 2.05) is 11.8 Å². The van der Waals surface area contributed by atoms with Gasteiger partial charge in [0.1, 0.15) is 0 Å². The van der Waals surface area contributed by atoms with Crippen molar-refractivity contribution in [3.8, 4) is 0 Å². The normalized spacial score (nSPS) is 26.7. The number of hydrogen-bond donors (Lipinski definition) is 0. The molecule has 1 aromatic rings. The number of thioether (sulfide) groups is 1. The molecule has 0 spiro atoms. The first-order valence-corrected chi connectivity index (χ1v) is 6.45. The second-order valence-corrected chi connectivity index (χ2v) is 5.79. The maximum atomic E-state index is 6.24. The Bertz CT molecular complexity index is 294. The first-order valence-electron chi connectivity index (χ1n) is 5.13. The molecule has 0 saturated heterocycles. The smallest absolute Gasteiger partial charge is 0.0458 e. The number of hydrogen-bond acceptors (Lipinski definition) is 1. The van der Waals surface area contributed by atoms with Crippen LogP contribution in [0.1, 0.15) is 24.8 Å². The Hall–Kier alpha value is -0.140. The zero-order chi connectivity index (χ0) is 9.97. The Labute approximate surface area is 95.0 Å². The van der Waals surface area contributed by atoms with Gasteiger partial charge < -0.3 is 0 Å². The van der Waals surface area contributed by atoms with Crippen LogP contribution in [0, 0.1) is 6.92 Å². The van der Waals surface area contributed by atoms with Crippen LogP contribution in [0.3, 0.4) is 0 Å². The van der Waals surface area contributed by atoms with Crippen LogP contribution in [0.25, 0.3) is 0 Å². The molecular formula is C12H15ClS. The van der Waals surface area contributed by atoms with E-state index in [2.05, 4.69) is 31.2 Å². The van der Waals surface area contributed by atoms with Gasteiger partial charge in [-0.25, -0.2) is 0 Å². The number of halogens is 1. The van der Waals surface area contributed by atoms with Crippen LogP contribution in [0.2, 0.25) is 0 Å². The molecule has 1 aliphatic carbocycles. The lowest BCUT2D eigenvalue weighted by Gasteiger charge is -2.12. The lowest BCUT2D eigenvalue weighted by atomic mass is 10.2. The Morgan fingerprint density at radius 1 is 1.21 bits per heavy atom. The third-order valence-electron chi connectivity index (χ3n) is 2.68. The first-order chi connectivity index (χ1) is 6.75. The van der Waals surface area contributed by atoms with Crippen molar-refractivity contribution < 1.29 is 0 Å². The van der Waals surface area contributed by atoms with Gasteiger partial charge in [-0.15, -0.1) is 23.4 Å². The molecule has 1 saturated carbocycles. The molecule has 0 aromatic heterocycles. The molecule has 0 amide bonds. The molecule has 2 atom stereocenters. The fourth-order valence-electron chi connectivity index (χ4n) is 1.81. The molecule has 1 fully saturated rings. The minimum atomic E-state index is 0.376. The van der Waals surface area contributed by atoms with Gasteiger partial charge in [-0.3, -0.25) is 0 Å². The van der Waals surface area contributed by atoms with Crippen molar-refractivity contribution in [3.63, 3.8) is 0 Å². The van der Waals surface area contributed by atoms with E-state index < -0.39 is 0 Å². The minimum absolute atomic E-state index is 0.376. The molecule has 1 aromatic carbocycles. The summed E-state index contributed by atoms with van der Waals surface area (Å²) in [6, 6.07) is 8.73. The van der Waals surface area contributed by atoms with Crippen LogP contribution < -0.4 is 0 Å². The van der Waals surface area contributed by atoms with E-state index >= 15 is 0 Å². The molecule has 0 unspecified atom stereocenters. The predicted octanol–water partition coefficient (Wildman–Crippen LogP) is 4.25. The monoisotopic (exact) mass is 226 g/mol. The van der Waals surface area contributed by atoms with Crippen LogP contribution in [-0.4, -0.2) is 10.6 Å². The SMILES string of the molecule is Cc1ccc(S[C@H]2CCC[C@@H]2Cl)cc1. The maximum absolute atomic E-state index is 6.24. The van der Waals surface area contributed by atoms with Crippen molar-refractivity contribution in [1.82, 2.24) is 0 Å². The molecule has 0 nitrogen and oxygen atoms in total. The fourth-order valence-corrected chi connectivity index (χ4v) is 3.45. The number of rotatable bonds is 2. The highest BCUT2D eigenvalue weighted by molar-refractivity contribution is 8.00.